The highest BCUT2D eigenvalue weighted by atomic mass is 16.3. The quantitative estimate of drug-likeness (QED) is 0.459. The molecule has 1 heterocycles. The number of furan rings is 1. The third kappa shape index (κ3) is 6.27. The Morgan fingerprint density at radius 2 is 2.33 bits per heavy atom. The van der Waals surface area contributed by atoms with Gasteiger partial charge in [-0.25, -0.2) is 0 Å². The lowest BCUT2D eigenvalue weighted by Gasteiger charge is -2.15. The Kier molecular flexibility index (Phi) is 8.71. The van der Waals surface area contributed by atoms with Crippen molar-refractivity contribution in [2.24, 2.45) is 5.73 Å². The maximum Gasteiger partial charge on any atom is 0.155 e. The zero-order chi connectivity index (χ0) is 15.5. The number of nitrogens with one attached hydrogen (secondary N) is 1. The number of unbranched alkanes of at least 4 members (excludes halogenated alkanes) is 2. The van der Waals surface area contributed by atoms with Crippen LogP contribution < -0.4 is 11.1 Å². The number of carbonyl (C=O) groups excluding carboxylic acids is 1. The van der Waals surface area contributed by atoms with Gasteiger partial charge >= 0.3 is 0 Å². The average molecular weight is 292 g/mol. The summed E-state index contributed by atoms with van der Waals surface area (Å²) >= 11 is 0. The van der Waals surface area contributed by atoms with E-state index in [1.807, 2.05) is 6.07 Å². The number of hydrogen-bond donors (Lipinski definition) is 2. The number of hydrogen-bond acceptors (Lipinski definition) is 4. The SMILES string of the molecule is C=CC(=O)CC(CCCCC)c1occc1CNCCN. The minimum Gasteiger partial charge on any atom is -0.469 e. The van der Waals surface area contributed by atoms with E-state index in [0.29, 0.717) is 13.0 Å². The molecule has 0 fully saturated rings. The van der Waals surface area contributed by atoms with Crippen molar-refractivity contribution < 1.29 is 9.21 Å². The molecule has 0 saturated carbocycles. The second-order valence-corrected chi connectivity index (χ2v) is 5.34. The van der Waals surface area contributed by atoms with Crippen LogP contribution >= 0.6 is 0 Å². The molecular weight excluding hydrogens is 264 g/mol. The van der Waals surface area contributed by atoms with E-state index in [1.54, 1.807) is 6.26 Å². The summed E-state index contributed by atoms with van der Waals surface area (Å²) < 4.78 is 5.68. The van der Waals surface area contributed by atoms with Crippen molar-refractivity contribution in [1.29, 1.82) is 0 Å². The fourth-order valence-electron chi connectivity index (χ4n) is 2.47. The fourth-order valence-corrected chi connectivity index (χ4v) is 2.47. The molecule has 0 aromatic carbocycles. The number of rotatable bonds is 12. The van der Waals surface area contributed by atoms with Crippen LogP contribution in [-0.2, 0) is 11.3 Å². The summed E-state index contributed by atoms with van der Waals surface area (Å²) in [4.78, 5) is 11.7. The normalized spacial score (nSPS) is 12.3. The van der Waals surface area contributed by atoms with E-state index in [2.05, 4.69) is 18.8 Å². The maximum absolute atomic E-state index is 11.7. The van der Waals surface area contributed by atoms with Gasteiger partial charge in [-0.3, -0.25) is 4.79 Å². The minimum absolute atomic E-state index is 0.0776. The Labute approximate surface area is 127 Å². The van der Waals surface area contributed by atoms with Crippen LogP contribution in [0.1, 0.15) is 56.3 Å². The summed E-state index contributed by atoms with van der Waals surface area (Å²) in [5.41, 5.74) is 6.62. The summed E-state index contributed by atoms with van der Waals surface area (Å²) in [7, 11) is 0. The predicted octanol–water partition coefficient (Wildman–Crippen LogP) is 3.14. The number of allylic oxidation sites excluding steroid dienone is 1. The van der Waals surface area contributed by atoms with Crippen LogP contribution in [0.15, 0.2) is 29.4 Å². The van der Waals surface area contributed by atoms with Crippen LogP contribution in [0.5, 0.6) is 0 Å². The lowest BCUT2D eigenvalue weighted by molar-refractivity contribution is -0.115. The molecule has 1 atom stereocenters. The molecule has 0 spiro atoms. The molecule has 1 aromatic rings. The second kappa shape index (κ2) is 10.4. The van der Waals surface area contributed by atoms with Gasteiger partial charge in [0.25, 0.3) is 0 Å². The van der Waals surface area contributed by atoms with Crippen LogP contribution in [0.3, 0.4) is 0 Å². The summed E-state index contributed by atoms with van der Waals surface area (Å²) in [5.74, 6) is 1.16. The largest absolute Gasteiger partial charge is 0.469 e. The standard InChI is InChI=1S/C17H28N2O2/c1-3-5-6-7-14(12-16(20)4-2)17-15(8-11-21-17)13-19-10-9-18/h4,8,11,14,19H,2-3,5-7,9-10,12-13,18H2,1H3. The monoisotopic (exact) mass is 292 g/mol. The number of nitrogens with two attached hydrogens (primary N) is 1. The molecule has 0 aliphatic rings. The van der Waals surface area contributed by atoms with Crippen LogP contribution in [0.2, 0.25) is 0 Å². The van der Waals surface area contributed by atoms with Gasteiger partial charge in [-0.15, -0.1) is 0 Å². The zero-order valence-electron chi connectivity index (χ0n) is 13.1. The molecule has 0 saturated heterocycles. The summed E-state index contributed by atoms with van der Waals surface area (Å²) in [6.45, 7) is 7.87. The van der Waals surface area contributed by atoms with Crippen LogP contribution in [0.25, 0.3) is 0 Å². The zero-order valence-corrected chi connectivity index (χ0v) is 13.1. The van der Waals surface area contributed by atoms with E-state index in [0.717, 1.165) is 37.3 Å². The lowest BCUT2D eigenvalue weighted by atomic mass is 9.91. The van der Waals surface area contributed by atoms with E-state index >= 15 is 0 Å². The smallest absolute Gasteiger partial charge is 0.155 e. The summed E-state index contributed by atoms with van der Waals surface area (Å²) in [6.07, 6.45) is 8.03. The highest BCUT2D eigenvalue weighted by molar-refractivity contribution is 5.89. The van der Waals surface area contributed by atoms with E-state index < -0.39 is 0 Å². The van der Waals surface area contributed by atoms with Gasteiger partial charge in [0.15, 0.2) is 5.78 Å². The van der Waals surface area contributed by atoms with Gasteiger partial charge in [0.2, 0.25) is 0 Å². The van der Waals surface area contributed by atoms with E-state index in [-0.39, 0.29) is 11.7 Å². The van der Waals surface area contributed by atoms with E-state index in [4.69, 9.17) is 10.2 Å². The molecule has 0 aliphatic heterocycles. The third-order valence-corrected chi connectivity index (χ3v) is 3.62. The van der Waals surface area contributed by atoms with Gasteiger partial charge in [0.1, 0.15) is 5.76 Å². The molecule has 0 bridgehead atoms. The van der Waals surface area contributed by atoms with E-state index in [9.17, 15) is 4.79 Å². The molecule has 1 aromatic heterocycles. The Morgan fingerprint density at radius 3 is 3.00 bits per heavy atom. The van der Waals surface area contributed by atoms with Gasteiger partial charge in [-0.1, -0.05) is 32.8 Å². The Hall–Kier alpha value is -1.39. The first-order valence-electron chi connectivity index (χ1n) is 7.85. The van der Waals surface area contributed by atoms with Crippen molar-refractivity contribution in [3.63, 3.8) is 0 Å². The van der Waals surface area contributed by atoms with Gasteiger partial charge in [0.05, 0.1) is 6.26 Å². The van der Waals surface area contributed by atoms with Gasteiger partial charge in [-0.05, 0) is 18.6 Å². The Bertz CT molecular complexity index is 426. The molecule has 1 rings (SSSR count). The molecule has 21 heavy (non-hydrogen) atoms. The lowest BCUT2D eigenvalue weighted by Crippen LogP contribution is -2.22. The molecule has 3 N–H and O–H groups in total. The molecule has 0 amide bonds. The van der Waals surface area contributed by atoms with Crippen LogP contribution in [0, 0.1) is 0 Å². The van der Waals surface area contributed by atoms with Crippen molar-refractivity contribution in [2.45, 2.75) is 51.5 Å². The Morgan fingerprint density at radius 1 is 1.52 bits per heavy atom. The fraction of sp³-hybridized carbons (Fsp3) is 0.588. The molecule has 0 aliphatic carbocycles. The van der Waals surface area contributed by atoms with Gasteiger partial charge < -0.3 is 15.5 Å². The van der Waals surface area contributed by atoms with Crippen molar-refractivity contribution in [3.05, 3.63) is 36.3 Å². The molecule has 4 heteroatoms. The molecule has 4 nitrogen and oxygen atoms in total. The summed E-state index contributed by atoms with van der Waals surface area (Å²) in [6, 6.07) is 1.98. The average Bonchev–Trinajstić information content (AvgIpc) is 2.95. The van der Waals surface area contributed by atoms with Crippen molar-refractivity contribution in [1.82, 2.24) is 5.32 Å². The highest BCUT2D eigenvalue weighted by Gasteiger charge is 2.20. The maximum atomic E-state index is 11.7. The second-order valence-electron chi connectivity index (χ2n) is 5.34. The van der Waals surface area contributed by atoms with Crippen molar-refractivity contribution in [3.8, 4) is 0 Å². The molecule has 0 radical (unpaired) electrons. The minimum atomic E-state index is 0.0776. The van der Waals surface area contributed by atoms with Crippen molar-refractivity contribution >= 4 is 5.78 Å². The number of ketones is 1. The van der Waals surface area contributed by atoms with Crippen LogP contribution in [-0.4, -0.2) is 18.9 Å². The molecule has 118 valence electrons. The Balaban J connectivity index is 2.73. The first-order valence-corrected chi connectivity index (χ1v) is 7.85. The first kappa shape index (κ1) is 17.7. The molecular formula is C17H28N2O2. The van der Waals surface area contributed by atoms with Gasteiger partial charge in [-0.2, -0.15) is 0 Å². The van der Waals surface area contributed by atoms with Crippen LogP contribution in [0.4, 0.5) is 0 Å². The molecule has 1 unspecified atom stereocenters. The first-order chi connectivity index (χ1) is 10.2. The van der Waals surface area contributed by atoms with Crippen molar-refractivity contribution in [2.75, 3.05) is 13.1 Å². The highest BCUT2D eigenvalue weighted by Crippen LogP contribution is 2.30. The topological polar surface area (TPSA) is 68.3 Å². The summed E-state index contributed by atoms with van der Waals surface area (Å²) in [5, 5.41) is 3.28. The van der Waals surface area contributed by atoms with E-state index in [1.165, 1.54) is 18.9 Å². The predicted molar refractivity (Wildman–Crippen MR) is 86.2 cm³/mol. The third-order valence-electron chi connectivity index (χ3n) is 3.62. The van der Waals surface area contributed by atoms with Gasteiger partial charge in [0, 0.05) is 37.5 Å². The number of carbonyl (C=O) groups is 1.